The summed E-state index contributed by atoms with van der Waals surface area (Å²) in [5.41, 5.74) is 8.91. The first-order valence-electron chi connectivity index (χ1n) is 16.0. The van der Waals surface area contributed by atoms with Crippen LogP contribution in [0.4, 0.5) is 28.4 Å². The largest absolute Gasteiger partial charge is 0.310 e. The summed E-state index contributed by atoms with van der Waals surface area (Å²) in [5.74, 6) is 0. The zero-order chi connectivity index (χ0) is 32.0. The lowest BCUT2D eigenvalue weighted by Crippen LogP contribution is -2.15. The second-order valence-electron chi connectivity index (χ2n) is 11.5. The number of para-hydroxylation sites is 2. The van der Waals surface area contributed by atoms with Gasteiger partial charge in [-0.2, -0.15) is 0 Å². The molecule has 0 amide bonds. The summed E-state index contributed by atoms with van der Waals surface area (Å²) in [4.78, 5) is 4.62. The Balaban J connectivity index is 1.26. The van der Waals surface area contributed by atoms with E-state index >= 15 is 0 Å². The molecule has 0 aliphatic heterocycles. The molecule has 0 aliphatic rings. The highest BCUT2D eigenvalue weighted by Gasteiger charge is 2.16. The lowest BCUT2D eigenvalue weighted by atomic mass is 10.0. The summed E-state index contributed by atoms with van der Waals surface area (Å²) in [5, 5.41) is 4.83. The summed E-state index contributed by atoms with van der Waals surface area (Å²) < 4.78 is 0. The third-order valence-corrected chi connectivity index (χ3v) is 8.60. The van der Waals surface area contributed by atoms with E-state index in [9.17, 15) is 0 Å². The first kappa shape index (κ1) is 29.6. The van der Waals surface area contributed by atoms with Crippen LogP contribution in [0.5, 0.6) is 0 Å². The van der Waals surface area contributed by atoms with E-state index in [1.165, 1.54) is 27.1 Å². The topological polar surface area (TPSA) is 6.48 Å². The van der Waals surface area contributed by atoms with Gasteiger partial charge in [-0.3, -0.25) is 0 Å². The van der Waals surface area contributed by atoms with Gasteiger partial charge in [-0.05, 0) is 89.5 Å². The molecule has 0 aromatic heterocycles. The van der Waals surface area contributed by atoms with E-state index in [0.717, 1.165) is 39.7 Å². The Labute approximate surface area is 277 Å². The van der Waals surface area contributed by atoms with E-state index in [1.54, 1.807) is 0 Å². The third kappa shape index (κ3) is 6.10. The first-order valence-corrected chi connectivity index (χ1v) is 16.0. The summed E-state index contributed by atoms with van der Waals surface area (Å²) in [6.07, 6.45) is 6.29. The molecule has 226 valence electrons. The molecule has 0 N–H and O–H groups in total. The maximum Gasteiger partial charge on any atom is 0.0540 e. The first-order chi connectivity index (χ1) is 23.2. The van der Waals surface area contributed by atoms with E-state index in [0.29, 0.717) is 0 Å². The standard InChI is InChI=1S/C45H36N2/c1-3-38(46(39-20-6-4-7-21-39)44-26-14-18-36-16-10-12-24-42(36)44)31-28-34(2)35-29-32-41(33-30-35)47(40-22-8-5-9-23-40)45-27-15-19-37-17-11-13-25-43(37)45/h3-33H,1H2,2H3/b34-28+,38-31+. The molecule has 0 unspecified atom stereocenters. The van der Waals surface area contributed by atoms with E-state index in [4.69, 9.17) is 0 Å². The minimum absolute atomic E-state index is 0.995. The van der Waals surface area contributed by atoms with Crippen LogP contribution in [-0.4, -0.2) is 0 Å². The molecule has 2 nitrogen and oxygen atoms in total. The van der Waals surface area contributed by atoms with Gasteiger partial charge in [0.05, 0.1) is 11.4 Å². The minimum atomic E-state index is 0.995. The summed E-state index contributed by atoms with van der Waals surface area (Å²) >= 11 is 0. The SMILES string of the molecule is C=C/C(=C\C=C(/C)c1ccc(N(c2ccccc2)c2cccc3ccccc23)cc1)N(c1ccccc1)c1cccc2ccccc12. The lowest BCUT2D eigenvalue weighted by molar-refractivity contribution is 1.22. The monoisotopic (exact) mass is 604 g/mol. The van der Waals surface area contributed by atoms with Crippen LogP contribution in [0.2, 0.25) is 0 Å². The molecule has 7 aromatic carbocycles. The van der Waals surface area contributed by atoms with Gasteiger partial charge in [0.25, 0.3) is 0 Å². The van der Waals surface area contributed by atoms with Gasteiger partial charge in [0, 0.05) is 33.5 Å². The molecule has 0 saturated heterocycles. The van der Waals surface area contributed by atoms with Crippen LogP contribution in [0.15, 0.2) is 200 Å². The van der Waals surface area contributed by atoms with E-state index < -0.39 is 0 Å². The number of anilines is 5. The molecule has 7 rings (SSSR count). The number of rotatable bonds is 9. The van der Waals surface area contributed by atoms with Crippen molar-refractivity contribution in [2.24, 2.45) is 0 Å². The molecule has 7 aromatic rings. The van der Waals surface area contributed by atoms with Crippen LogP contribution in [0.1, 0.15) is 12.5 Å². The van der Waals surface area contributed by atoms with Crippen LogP contribution in [0.3, 0.4) is 0 Å². The molecule has 0 heterocycles. The van der Waals surface area contributed by atoms with E-state index in [-0.39, 0.29) is 0 Å². The number of nitrogens with zero attached hydrogens (tertiary/aromatic N) is 2. The quantitative estimate of drug-likeness (QED) is 0.151. The predicted octanol–water partition coefficient (Wildman–Crippen LogP) is 12.8. The fourth-order valence-electron chi connectivity index (χ4n) is 6.23. The third-order valence-electron chi connectivity index (χ3n) is 8.60. The van der Waals surface area contributed by atoms with Gasteiger partial charge in [-0.1, -0.05) is 134 Å². The Bertz CT molecular complexity index is 2200. The van der Waals surface area contributed by atoms with Gasteiger partial charge in [-0.15, -0.1) is 0 Å². The molecule has 0 aliphatic carbocycles. The zero-order valence-corrected chi connectivity index (χ0v) is 26.5. The Hall–Kier alpha value is -6.12. The van der Waals surface area contributed by atoms with Crippen LogP contribution in [0.25, 0.3) is 27.1 Å². The number of hydrogen-bond acceptors (Lipinski definition) is 2. The highest BCUT2D eigenvalue weighted by atomic mass is 15.2. The molecule has 0 atom stereocenters. The van der Waals surface area contributed by atoms with E-state index in [2.05, 4.69) is 205 Å². The van der Waals surface area contributed by atoms with Crippen molar-refractivity contribution in [1.29, 1.82) is 0 Å². The van der Waals surface area contributed by atoms with Crippen LogP contribution >= 0.6 is 0 Å². The Kier molecular flexibility index (Phi) is 8.48. The molecule has 0 saturated carbocycles. The average molecular weight is 605 g/mol. The molecule has 0 spiro atoms. The van der Waals surface area contributed by atoms with Gasteiger partial charge in [0.1, 0.15) is 0 Å². The van der Waals surface area contributed by atoms with Crippen molar-refractivity contribution < 1.29 is 0 Å². The summed E-state index contributed by atoms with van der Waals surface area (Å²) in [7, 11) is 0. The average Bonchev–Trinajstić information content (AvgIpc) is 3.14. The number of hydrogen-bond donors (Lipinski definition) is 0. The maximum absolute atomic E-state index is 4.23. The second kappa shape index (κ2) is 13.5. The van der Waals surface area contributed by atoms with Gasteiger partial charge < -0.3 is 9.80 Å². The van der Waals surface area contributed by atoms with Crippen molar-refractivity contribution in [3.8, 4) is 0 Å². The number of fused-ring (bicyclic) bond motifs is 2. The number of benzene rings is 7. The van der Waals surface area contributed by atoms with Crippen LogP contribution in [0, 0.1) is 0 Å². The van der Waals surface area contributed by atoms with Gasteiger partial charge in [0.15, 0.2) is 0 Å². The second-order valence-corrected chi connectivity index (χ2v) is 11.5. The van der Waals surface area contributed by atoms with Crippen LogP contribution in [-0.2, 0) is 0 Å². The summed E-state index contributed by atoms with van der Waals surface area (Å²) in [6.45, 7) is 6.39. The smallest absolute Gasteiger partial charge is 0.0540 e. The maximum atomic E-state index is 4.23. The summed E-state index contributed by atoms with van der Waals surface area (Å²) in [6, 6.07) is 60.0. The number of allylic oxidation sites excluding steroid dienone is 4. The normalized spacial score (nSPS) is 11.9. The highest BCUT2D eigenvalue weighted by molar-refractivity contribution is 5.99. The molecular weight excluding hydrogens is 569 g/mol. The van der Waals surface area contributed by atoms with Crippen molar-refractivity contribution in [1.82, 2.24) is 0 Å². The van der Waals surface area contributed by atoms with Crippen molar-refractivity contribution in [3.05, 3.63) is 206 Å². The predicted molar refractivity (Wildman–Crippen MR) is 203 cm³/mol. The molecular formula is C45H36N2. The van der Waals surface area contributed by atoms with Gasteiger partial charge >= 0.3 is 0 Å². The lowest BCUT2D eigenvalue weighted by Gasteiger charge is -2.27. The fraction of sp³-hybridized carbons (Fsp3) is 0.0222. The molecule has 0 fully saturated rings. The van der Waals surface area contributed by atoms with Gasteiger partial charge in [0.2, 0.25) is 0 Å². The molecule has 0 radical (unpaired) electrons. The fourth-order valence-corrected chi connectivity index (χ4v) is 6.23. The molecule has 2 heteroatoms. The van der Waals surface area contributed by atoms with E-state index in [1.807, 2.05) is 6.08 Å². The minimum Gasteiger partial charge on any atom is -0.310 e. The Morgan fingerprint density at radius 2 is 0.957 bits per heavy atom. The van der Waals surface area contributed by atoms with Crippen molar-refractivity contribution in [2.45, 2.75) is 6.92 Å². The molecule has 0 bridgehead atoms. The Morgan fingerprint density at radius 3 is 1.57 bits per heavy atom. The zero-order valence-electron chi connectivity index (χ0n) is 26.5. The van der Waals surface area contributed by atoms with Gasteiger partial charge in [-0.25, -0.2) is 0 Å². The highest BCUT2D eigenvalue weighted by Crippen LogP contribution is 2.39. The van der Waals surface area contributed by atoms with Crippen molar-refractivity contribution in [3.63, 3.8) is 0 Å². The Morgan fingerprint density at radius 1 is 0.468 bits per heavy atom. The van der Waals surface area contributed by atoms with Crippen molar-refractivity contribution >= 4 is 55.6 Å². The van der Waals surface area contributed by atoms with Crippen molar-refractivity contribution in [2.75, 3.05) is 9.80 Å². The molecule has 47 heavy (non-hydrogen) atoms. The van der Waals surface area contributed by atoms with Crippen LogP contribution < -0.4 is 9.80 Å².